The molecule has 0 saturated carbocycles. The van der Waals surface area contributed by atoms with E-state index in [0.29, 0.717) is 0 Å². The Balaban J connectivity index is 2.09. The van der Waals surface area contributed by atoms with E-state index in [-0.39, 0.29) is 13.0 Å². The highest BCUT2D eigenvalue weighted by Crippen LogP contribution is 2.28. The molecule has 0 radical (unpaired) electrons. The summed E-state index contributed by atoms with van der Waals surface area (Å²) in [4.78, 5) is 61.0. The zero-order valence-corrected chi connectivity index (χ0v) is 23.1. The number of likely N-dealkylation sites (N-methyl/N-ethyl adjacent to an activating group) is 1. The van der Waals surface area contributed by atoms with Gasteiger partial charge in [0.1, 0.15) is 43.0 Å². The van der Waals surface area contributed by atoms with Crippen molar-refractivity contribution in [1.82, 2.24) is 15.5 Å². The Labute approximate surface area is 236 Å². The number of benzene rings is 1. The number of hydrogen-bond acceptors (Lipinski definition) is 10. The van der Waals surface area contributed by atoms with Crippen LogP contribution in [-0.2, 0) is 44.8 Å². The third-order valence-corrected chi connectivity index (χ3v) is 6.51. The monoisotopic (exact) mass is 582 g/mol. The Kier molecular flexibility index (Phi) is 13.1. The van der Waals surface area contributed by atoms with Crippen LogP contribution in [0.15, 0.2) is 30.3 Å². The van der Waals surface area contributed by atoms with Crippen LogP contribution in [0, 0.1) is 0 Å². The van der Waals surface area contributed by atoms with Gasteiger partial charge in [0.25, 0.3) is 0 Å². The van der Waals surface area contributed by atoms with Crippen LogP contribution in [0.3, 0.4) is 0 Å². The highest BCUT2D eigenvalue weighted by Gasteiger charge is 2.49. The molecule has 1 aliphatic heterocycles. The number of ether oxygens (including phenoxy) is 3. The van der Waals surface area contributed by atoms with Crippen molar-refractivity contribution >= 4 is 29.6 Å². The van der Waals surface area contributed by atoms with Crippen molar-refractivity contribution in [3.05, 3.63) is 35.9 Å². The van der Waals surface area contributed by atoms with Crippen LogP contribution in [-0.4, -0.2) is 113 Å². The number of nitrogens with one attached hydrogen (secondary N) is 2. The third-order valence-electron chi connectivity index (χ3n) is 6.51. The van der Waals surface area contributed by atoms with E-state index in [1.54, 1.807) is 0 Å². The van der Waals surface area contributed by atoms with Gasteiger partial charge in [0.15, 0.2) is 6.29 Å². The lowest BCUT2D eigenvalue weighted by atomic mass is 9.95. The minimum Gasteiger partial charge on any atom is -0.481 e. The number of nitrogens with two attached hydrogens (primary N) is 1. The Morgan fingerprint density at radius 3 is 2.34 bits per heavy atom. The van der Waals surface area contributed by atoms with Gasteiger partial charge in [0.05, 0.1) is 13.2 Å². The summed E-state index contributed by atoms with van der Waals surface area (Å²) >= 11 is 0. The van der Waals surface area contributed by atoms with Crippen LogP contribution in [0.25, 0.3) is 0 Å². The summed E-state index contributed by atoms with van der Waals surface area (Å²) in [7, 11) is 1.45. The first-order valence-corrected chi connectivity index (χ1v) is 12.9. The highest BCUT2D eigenvalue weighted by atomic mass is 16.7. The van der Waals surface area contributed by atoms with Gasteiger partial charge in [-0.1, -0.05) is 30.3 Å². The van der Waals surface area contributed by atoms with Crippen LogP contribution >= 0.6 is 0 Å². The minimum atomic E-state index is -1.46. The van der Waals surface area contributed by atoms with Crippen molar-refractivity contribution in [1.29, 1.82) is 0 Å². The lowest BCUT2D eigenvalue weighted by Crippen LogP contribution is -2.65. The summed E-state index contributed by atoms with van der Waals surface area (Å²) in [5, 5.41) is 34.1. The summed E-state index contributed by atoms with van der Waals surface area (Å²) < 4.78 is 17.4. The number of nitrogens with zero attached hydrogens (tertiary/aromatic N) is 1. The molecule has 7 atom stereocenters. The van der Waals surface area contributed by atoms with Gasteiger partial charge in [-0.05, 0) is 18.9 Å². The number of carbonyl (C=O) groups is 5. The van der Waals surface area contributed by atoms with E-state index in [1.165, 1.54) is 25.8 Å². The standard InChI is InChI=1S/C26H38N4O11/c1-14(25(38)29-17(24(27)37)9-10-20(34)35)28-19(33)13-39-23-21(30(3)15(2)32)26(41-18(11-31)22(23)36)40-12-16-7-5-4-6-8-16/h4-8,14,17-18,21-23,26,31,36H,9-13H2,1-3H3,(H2,27,37)(H,28,33)(H,29,38)(H,34,35)/t14?,17?,18-,21-,22-,23-,26+/m1/s1. The third kappa shape index (κ3) is 10.1. The fraction of sp³-hybridized carbons (Fsp3) is 0.577. The molecule has 0 aliphatic carbocycles. The molecule has 41 heavy (non-hydrogen) atoms. The van der Waals surface area contributed by atoms with Crippen molar-refractivity contribution in [2.45, 2.75) is 76.0 Å². The van der Waals surface area contributed by atoms with Crippen LogP contribution in [0.5, 0.6) is 0 Å². The van der Waals surface area contributed by atoms with E-state index in [9.17, 15) is 34.2 Å². The van der Waals surface area contributed by atoms with Gasteiger partial charge in [0, 0.05) is 20.4 Å². The molecule has 0 aromatic heterocycles. The predicted octanol–water partition coefficient (Wildman–Crippen LogP) is -2.15. The van der Waals surface area contributed by atoms with Gasteiger partial charge in [-0.25, -0.2) is 0 Å². The Morgan fingerprint density at radius 2 is 1.78 bits per heavy atom. The summed E-state index contributed by atoms with van der Waals surface area (Å²) in [6.07, 6.45) is -5.62. The molecular weight excluding hydrogens is 544 g/mol. The second-order valence-corrected chi connectivity index (χ2v) is 9.59. The maximum absolute atomic E-state index is 12.6. The van der Waals surface area contributed by atoms with E-state index >= 15 is 0 Å². The van der Waals surface area contributed by atoms with E-state index < -0.39 is 92.0 Å². The minimum absolute atomic E-state index is 0.0839. The molecule has 1 aliphatic rings. The number of hydrogen-bond donors (Lipinski definition) is 6. The fourth-order valence-electron chi connectivity index (χ4n) is 4.12. The van der Waals surface area contributed by atoms with Crippen LogP contribution in [0.1, 0.15) is 32.3 Å². The molecule has 1 saturated heterocycles. The normalized spacial score (nSPS) is 23.6. The molecule has 1 aromatic carbocycles. The van der Waals surface area contributed by atoms with Crippen molar-refractivity contribution in [2.75, 3.05) is 20.3 Å². The van der Waals surface area contributed by atoms with Gasteiger partial charge in [0.2, 0.25) is 23.6 Å². The largest absolute Gasteiger partial charge is 0.481 e. The molecule has 0 spiro atoms. The molecule has 4 amide bonds. The number of aliphatic hydroxyl groups excluding tert-OH is 2. The molecule has 0 bridgehead atoms. The van der Waals surface area contributed by atoms with E-state index in [2.05, 4.69) is 10.6 Å². The summed E-state index contributed by atoms with van der Waals surface area (Å²) in [6, 6.07) is 5.66. The molecule has 1 heterocycles. The van der Waals surface area contributed by atoms with Gasteiger partial charge < -0.3 is 50.8 Å². The van der Waals surface area contributed by atoms with Crippen molar-refractivity contribution in [2.24, 2.45) is 5.73 Å². The summed E-state index contributed by atoms with van der Waals surface area (Å²) in [6.45, 7) is 1.44. The number of carboxylic acids is 1. The average molecular weight is 583 g/mol. The zero-order chi connectivity index (χ0) is 30.7. The molecular formula is C26H38N4O11. The van der Waals surface area contributed by atoms with Crippen LogP contribution < -0.4 is 16.4 Å². The molecule has 2 rings (SSSR count). The van der Waals surface area contributed by atoms with Gasteiger partial charge in [-0.2, -0.15) is 0 Å². The van der Waals surface area contributed by atoms with Crippen molar-refractivity contribution < 1.29 is 53.5 Å². The first kappa shape index (κ1) is 33.6. The second kappa shape index (κ2) is 16.0. The quantitative estimate of drug-likeness (QED) is 0.131. The lowest BCUT2D eigenvalue weighted by Gasteiger charge is -2.47. The van der Waals surface area contributed by atoms with Crippen molar-refractivity contribution in [3.8, 4) is 0 Å². The molecule has 7 N–H and O–H groups in total. The predicted molar refractivity (Wildman–Crippen MR) is 141 cm³/mol. The zero-order valence-electron chi connectivity index (χ0n) is 23.1. The summed E-state index contributed by atoms with van der Waals surface area (Å²) in [5.41, 5.74) is 6.02. The highest BCUT2D eigenvalue weighted by molar-refractivity contribution is 5.91. The molecule has 1 aromatic rings. The maximum Gasteiger partial charge on any atom is 0.303 e. The number of carboxylic acid groups (broad SMARTS) is 1. The van der Waals surface area contributed by atoms with Gasteiger partial charge in [-0.15, -0.1) is 0 Å². The van der Waals surface area contributed by atoms with E-state index in [0.717, 1.165) is 5.56 Å². The first-order valence-electron chi connectivity index (χ1n) is 12.9. The SMILES string of the molecule is CC(=O)N(C)[C@H]1[C@@H](OCc2ccccc2)O[C@H](CO)[C@@H](O)[C@@H]1OCC(=O)NC(C)C(=O)NC(CCC(=O)O)C(N)=O. The number of rotatable bonds is 15. The van der Waals surface area contributed by atoms with Gasteiger partial charge >= 0.3 is 5.97 Å². The molecule has 15 nitrogen and oxygen atoms in total. The van der Waals surface area contributed by atoms with E-state index in [1.807, 2.05) is 30.3 Å². The number of aliphatic hydroxyl groups is 2. The van der Waals surface area contributed by atoms with Crippen LogP contribution in [0.2, 0.25) is 0 Å². The fourth-order valence-corrected chi connectivity index (χ4v) is 4.12. The topological polar surface area (TPSA) is 227 Å². The number of amides is 4. The molecule has 1 fully saturated rings. The smallest absolute Gasteiger partial charge is 0.303 e. The average Bonchev–Trinajstić information content (AvgIpc) is 2.93. The Morgan fingerprint density at radius 1 is 1.12 bits per heavy atom. The molecule has 15 heteroatoms. The number of primary amides is 1. The second-order valence-electron chi connectivity index (χ2n) is 9.59. The number of aliphatic carboxylic acids is 1. The Bertz CT molecular complexity index is 1060. The molecule has 2 unspecified atom stereocenters. The van der Waals surface area contributed by atoms with Crippen molar-refractivity contribution in [3.63, 3.8) is 0 Å². The Hall–Kier alpha value is -3.63. The number of carbonyl (C=O) groups excluding carboxylic acids is 4. The van der Waals surface area contributed by atoms with Crippen LogP contribution in [0.4, 0.5) is 0 Å². The summed E-state index contributed by atoms with van der Waals surface area (Å²) in [5.74, 6) is -4.08. The first-order chi connectivity index (χ1) is 19.3. The maximum atomic E-state index is 12.6. The molecule has 228 valence electrons. The van der Waals surface area contributed by atoms with Gasteiger partial charge in [-0.3, -0.25) is 24.0 Å². The lowest BCUT2D eigenvalue weighted by molar-refractivity contribution is -0.292. The van der Waals surface area contributed by atoms with E-state index in [4.69, 9.17) is 25.1 Å².